The lowest BCUT2D eigenvalue weighted by Gasteiger charge is -2.05. The summed E-state index contributed by atoms with van der Waals surface area (Å²) >= 11 is 0. The standard InChI is InChI=1S/C13H17NO2/c15-7-6-14-13(16)9-10-4-5-11-2-1-3-12(11)8-10/h4-5,8,15H,1-3,6-7,9H2,(H,14,16). The first-order chi connectivity index (χ1) is 7.79. The Labute approximate surface area is 95.5 Å². The van der Waals surface area contributed by atoms with E-state index in [1.54, 1.807) is 0 Å². The van der Waals surface area contributed by atoms with Crippen LogP contribution in [0.2, 0.25) is 0 Å². The Kier molecular flexibility index (Phi) is 3.57. The van der Waals surface area contributed by atoms with Gasteiger partial charge in [-0.25, -0.2) is 0 Å². The van der Waals surface area contributed by atoms with Crippen molar-refractivity contribution in [2.24, 2.45) is 0 Å². The van der Waals surface area contributed by atoms with E-state index >= 15 is 0 Å². The molecule has 3 nitrogen and oxygen atoms in total. The number of aryl methyl sites for hydroxylation is 2. The van der Waals surface area contributed by atoms with E-state index in [0.29, 0.717) is 13.0 Å². The molecule has 1 aromatic rings. The van der Waals surface area contributed by atoms with Gasteiger partial charge in [0, 0.05) is 6.54 Å². The Morgan fingerprint density at radius 1 is 1.31 bits per heavy atom. The van der Waals surface area contributed by atoms with Crippen LogP contribution in [0.1, 0.15) is 23.1 Å². The second kappa shape index (κ2) is 5.12. The van der Waals surface area contributed by atoms with E-state index in [0.717, 1.165) is 12.0 Å². The molecule has 1 aliphatic rings. The average molecular weight is 219 g/mol. The molecule has 0 radical (unpaired) electrons. The van der Waals surface area contributed by atoms with Gasteiger partial charge in [0.1, 0.15) is 0 Å². The van der Waals surface area contributed by atoms with Gasteiger partial charge >= 0.3 is 0 Å². The van der Waals surface area contributed by atoms with Crippen molar-refractivity contribution in [3.05, 3.63) is 34.9 Å². The summed E-state index contributed by atoms with van der Waals surface area (Å²) in [6.07, 6.45) is 3.95. The molecule has 2 N–H and O–H groups in total. The number of hydrogen-bond acceptors (Lipinski definition) is 2. The zero-order valence-electron chi connectivity index (χ0n) is 9.33. The molecule has 16 heavy (non-hydrogen) atoms. The maximum absolute atomic E-state index is 11.4. The van der Waals surface area contributed by atoms with E-state index in [1.807, 2.05) is 6.07 Å². The van der Waals surface area contributed by atoms with Gasteiger partial charge in [0.05, 0.1) is 13.0 Å². The molecule has 0 fully saturated rings. The normalized spacial score (nSPS) is 13.6. The predicted molar refractivity (Wildman–Crippen MR) is 62.3 cm³/mol. The number of amides is 1. The largest absolute Gasteiger partial charge is 0.395 e. The molecular weight excluding hydrogens is 202 g/mol. The number of benzene rings is 1. The second-order valence-corrected chi connectivity index (χ2v) is 4.21. The molecule has 86 valence electrons. The lowest BCUT2D eigenvalue weighted by Crippen LogP contribution is -2.27. The number of aliphatic hydroxyl groups is 1. The van der Waals surface area contributed by atoms with Crippen molar-refractivity contribution in [3.63, 3.8) is 0 Å². The molecule has 0 atom stereocenters. The highest BCUT2D eigenvalue weighted by atomic mass is 16.3. The molecule has 1 aliphatic carbocycles. The van der Waals surface area contributed by atoms with Gasteiger partial charge in [-0.1, -0.05) is 18.2 Å². The van der Waals surface area contributed by atoms with E-state index in [1.165, 1.54) is 24.0 Å². The number of rotatable bonds is 4. The van der Waals surface area contributed by atoms with Gasteiger partial charge in [-0.05, 0) is 36.0 Å². The molecule has 0 saturated carbocycles. The summed E-state index contributed by atoms with van der Waals surface area (Å²) in [4.78, 5) is 11.4. The van der Waals surface area contributed by atoms with Crippen molar-refractivity contribution in [3.8, 4) is 0 Å². The van der Waals surface area contributed by atoms with Gasteiger partial charge in [-0.2, -0.15) is 0 Å². The molecule has 0 unspecified atom stereocenters. The van der Waals surface area contributed by atoms with Crippen molar-refractivity contribution in [2.45, 2.75) is 25.7 Å². The number of aliphatic hydroxyl groups excluding tert-OH is 1. The van der Waals surface area contributed by atoms with Crippen LogP contribution in [0.4, 0.5) is 0 Å². The molecule has 1 aromatic carbocycles. The number of fused-ring (bicyclic) bond motifs is 1. The SMILES string of the molecule is O=C(Cc1ccc2c(c1)CCC2)NCCO. The average Bonchev–Trinajstić information content (AvgIpc) is 2.73. The fourth-order valence-corrected chi connectivity index (χ4v) is 2.18. The van der Waals surface area contributed by atoms with Gasteiger partial charge in [-0.15, -0.1) is 0 Å². The van der Waals surface area contributed by atoms with Crippen LogP contribution >= 0.6 is 0 Å². The third-order valence-corrected chi connectivity index (χ3v) is 2.96. The highest BCUT2D eigenvalue weighted by molar-refractivity contribution is 5.78. The topological polar surface area (TPSA) is 49.3 Å². The maximum atomic E-state index is 11.4. The van der Waals surface area contributed by atoms with E-state index in [9.17, 15) is 4.79 Å². The monoisotopic (exact) mass is 219 g/mol. The van der Waals surface area contributed by atoms with Gasteiger partial charge in [0.15, 0.2) is 0 Å². The van der Waals surface area contributed by atoms with Crippen molar-refractivity contribution < 1.29 is 9.90 Å². The number of carbonyl (C=O) groups excluding carboxylic acids is 1. The molecule has 3 heteroatoms. The lowest BCUT2D eigenvalue weighted by molar-refractivity contribution is -0.120. The van der Waals surface area contributed by atoms with Crippen LogP contribution in [-0.2, 0) is 24.1 Å². The number of carbonyl (C=O) groups is 1. The first-order valence-corrected chi connectivity index (χ1v) is 5.78. The Balaban J connectivity index is 1.97. The Morgan fingerprint density at radius 3 is 2.94 bits per heavy atom. The first kappa shape index (κ1) is 11.1. The molecule has 2 rings (SSSR count). The van der Waals surface area contributed by atoms with Crippen molar-refractivity contribution in [2.75, 3.05) is 13.2 Å². The molecular formula is C13H17NO2. The molecule has 0 aliphatic heterocycles. The van der Waals surface area contributed by atoms with E-state index < -0.39 is 0 Å². The number of hydrogen-bond donors (Lipinski definition) is 2. The quantitative estimate of drug-likeness (QED) is 0.788. The van der Waals surface area contributed by atoms with Crippen LogP contribution < -0.4 is 5.32 Å². The Bertz CT molecular complexity index is 388. The lowest BCUT2D eigenvalue weighted by atomic mass is 10.0. The summed E-state index contributed by atoms with van der Waals surface area (Å²) in [6, 6.07) is 6.31. The van der Waals surface area contributed by atoms with E-state index in [4.69, 9.17) is 5.11 Å². The van der Waals surface area contributed by atoms with Crippen molar-refractivity contribution in [1.29, 1.82) is 0 Å². The maximum Gasteiger partial charge on any atom is 0.224 e. The fraction of sp³-hybridized carbons (Fsp3) is 0.462. The smallest absolute Gasteiger partial charge is 0.224 e. The van der Waals surface area contributed by atoms with Gasteiger partial charge in [-0.3, -0.25) is 4.79 Å². The van der Waals surface area contributed by atoms with E-state index in [-0.39, 0.29) is 12.5 Å². The number of nitrogens with one attached hydrogen (secondary N) is 1. The molecule has 0 bridgehead atoms. The third-order valence-electron chi connectivity index (χ3n) is 2.96. The molecule has 1 amide bonds. The Morgan fingerprint density at radius 2 is 2.12 bits per heavy atom. The summed E-state index contributed by atoms with van der Waals surface area (Å²) < 4.78 is 0. The zero-order valence-corrected chi connectivity index (χ0v) is 9.33. The van der Waals surface area contributed by atoms with Crippen LogP contribution in [-0.4, -0.2) is 24.2 Å². The fourth-order valence-electron chi connectivity index (χ4n) is 2.18. The van der Waals surface area contributed by atoms with Crippen LogP contribution in [0.3, 0.4) is 0 Å². The third kappa shape index (κ3) is 2.61. The summed E-state index contributed by atoms with van der Waals surface area (Å²) in [5.74, 6) is -0.0213. The van der Waals surface area contributed by atoms with Crippen molar-refractivity contribution >= 4 is 5.91 Å². The second-order valence-electron chi connectivity index (χ2n) is 4.21. The highest BCUT2D eigenvalue weighted by Crippen LogP contribution is 2.22. The molecule has 0 spiro atoms. The van der Waals surface area contributed by atoms with Crippen LogP contribution in [0.5, 0.6) is 0 Å². The summed E-state index contributed by atoms with van der Waals surface area (Å²) in [5.41, 5.74) is 3.89. The summed E-state index contributed by atoms with van der Waals surface area (Å²) in [7, 11) is 0. The van der Waals surface area contributed by atoms with Crippen LogP contribution in [0.15, 0.2) is 18.2 Å². The summed E-state index contributed by atoms with van der Waals surface area (Å²) in [6.45, 7) is 0.333. The minimum absolute atomic E-state index is 0.00404. The Hall–Kier alpha value is -1.35. The molecule has 0 aromatic heterocycles. The van der Waals surface area contributed by atoms with E-state index in [2.05, 4.69) is 17.4 Å². The first-order valence-electron chi connectivity index (χ1n) is 5.78. The minimum Gasteiger partial charge on any atom is -0.395 e. The van der Waals surface area contributed by atoms with Crippen molar-refractivity contribution in [1.82, 2.24) is 5.32 Å². The highest BCUT2D eigenvalue weighted by Gasteiger charge is 2.11. The molecule has 0 saturated heterocycles. The van der Waals surface area contributed by atoms with Crippen LogP contribution in [0, 0.1) is 0 Å². The van der Waals surface area contributed by atoms with Gasteiger partial charge in [0.2, 0.25) is 5.91 Å². The zero-order chi connectivity index (χ0) is 11.4. The summed E-state index contributed by atoms with van der Waals surface area (Å²) in [5, 5.41) is 11.3. The molecule has 0 heterocycles. The van der Waals surface area contributed by atoms with Gasteiger partial charge < -0.3 is 10.4 Å². The van der Waals surface area contributed by atoms with Crippen LogP contribution in [0.25, 0.3) is 0 Å². The van der Waals surface area contributed by atoms with Gasteiger partial charge in [0.25, 0.3) is 0 Å². The predicted octanol–water partition coefficient (Wildman–Crippen LogP) is 0.826. The minimum atomic E-state index is -0.0213.